The van der Waals surface area contributed by atoms with Gasteiger partial charge >= 0.3 is 0 Å². The Morgan fingerprint density at radius 3 is 2.78 bits per heavy atom. The minimum absolute atomic E-state index is 0.0583. The first-order chi connectivity index (χ1) is 8.42. The molecule has 0 aliphatic rings. The topological polar surface area (TPSA) is 61.8 Å². The molecule has 0 heterocycles. The van der Waals surface area contributed by atoms with Gasteiger partial charge in [-0.25, -0.2) is 4.39 Å². The van der Waals surface area contributed by atoms with Gasteiger partial charge in [0.1, 0.15) is 11.7 Å². The summed E-state index contributed by atoms with van der Waals surface area (Å²) in [5, 5.41) is 11.5. The molecule has 1 aromatic carbocycles. The molecule has 1 atom stereocenters. The van der Waals surface area contributed by atoms with Crippen LogP contribution in [-0.2, 0) is 6.54 Å². The SMILES string of the molecule is CC(CN(C)Cc1cc(F)cc(Br)c1)C(N)=NO. The van der Waals surface area contributed by atoms with Crippen molar-refractivity contribution in [1.82, 2.24) is 4.90 Å². The Morgan fingerprint density at radius 2 is 2.22 bits per heavy atom. The van der Waals surface area contributed by atoms with Crippen LogP contribution in [0.25, 0.3) is 0 Å². The normalized spacial score (nSPS) is 13.9. The van der Waals surface area contributed by atoms with E-state index in [4.69, 9.17) is 10.9 Å². The molecule has 0 aromatic heterocycles. The number of benzene rings is 1. The fourth-order valence-electron chi connectivity index (χ4n) is 1.74. The lowest BCUT2D eigenvalue weighted by atomic mass is 10.1. The quantitative estimate of drug-likeness (QED) is 0.379. The Labute approximate surface area is 114 Å². The third kappa shape index (κ3) is 4.62. The van der Waals surface area contributed by atoms with E-state index >= 15 is 0 Å². The smallest absolute Gasteiger partial charge is 0.143 e. The molecule has 6 heteroatoms. The Balaban J connectivity index is 2.61. The lowest BCUT2D eigenvalue weighted by molar-refractivity contribution is 0.290. The lowest BCUT2D eigenvalue weighted by Crippen LogP contribution is -2.32. The van der Waals surface area contributed by atoms with Crippen LogP contribution in [-0.4, -0.2) is 29.5 Å². The van der Waals surface area contributed by atoms with Crippen molar-refractivity contribution in [1.29, 1.82) is 0 Å². The minimum Gasteiger partial charge on any atom is -0.409 e. The number of hydrogen-bond acceptors (Lipinski definition) is 3. The van der Waals surface area contributed by atoms with Gasteiger partial charge in [0.25, 0.3) is 0 Å². The van der Waals surface area contributed by atoms with Crippen LogP contribution in [0.2, 0.25) is 0 Å². The van der Waals surface area contributed by atoms with Crippen LogP contribution in [0.15, 0.2) is 27.8 Å². The fraction of sp³-hybridized carbons (Fsp3) is 0.417. The van der Waals surface area contributed by atoms with E-state index in [0.717, 1.165) is 10.0 Å². The summed E-state index contributed by atoms with van der Waals surface area (Å²) in [4.78, 5) is 1.99. The molecular formula is C12H17BrFN3O. The molecule has 100 valence electrons. The molecule has 1 rings (SSSR count). The molecule has 0 aliphatic heterocycles. The van der Waals surface area contributed by atoms with Crippen LogP contribution in [0.1, 0.15) is 12.5 Å². The van der Waals surface area contributed by atoms with Gasteiger partial charge < -0.3 is 15.8 Å². The van der Waals surface area contributed by atoms with E-state index in [2.05, 4.69) is 21.1 Å². The third-order valence-electron chi connectivity index (χ3n) is 2.58. The second-order valence-corrected chi connectivity index (χ2v) is 5.32. The predicted octanol–water partition coefficient (Wildman–Crippen LogP) is 2.40. The van der Waals surface area contributed by atoms with Crippen molar-refractivity contribution in [3.8, 4) is 0 Å². The van der Waals surface area contributed by atoms with Crippen molar-refractivity contribution >= 4 is 21.8 Å². The van der Waals surface area contributed by atoms with Crippen molar-refractivity contribution < 1.29 is 9.60 Å². The Bertz CT molecular complexity index is 419. The summed E-state index contributed by atoms with van der Waals surface area (Å²) in [6.07, 6.45) is 0. The van der Waals surface area contributed by atoms with E-state index in [1.807, 2.05) is 24.9 Å². The molecule has 3 N–H and O–H groups in total. The maximum Gasteiger partial charge on any atom is 0.143 e. The van der Waals surface area contributed by atoms with Crippen molar-refractivity contribution in [3.63, 3.8) is 0 Å². The van der Waals surface area contributed by atoms with Gasteiger partial charge in [-0.15, -0.1) is 0 Å². The maximum absolute atomic E-state index is 13.2. The molecule has 0 aliphatic carbocycles. The van der Waals surface area contributed by atoms with Gasteiger partial charge in [0.2, 0.25) is 0 Å². The van der Waals surface area contributed by atoms with Gasteiger partial charge in [-0.3, -0.25) is 0 Å². The Kier molecular flexibility index (Phi) is 5.55. The number of nitrogens with two attached hydrogens (primary N) is 1. The number of rotatable bonds is 5. The molecule has 4 nitrogen and oxygen atoms in total. The zero-order valence-electron chi connectivity index (χ0n) is 10.4. The van der Waals surface area contributed by atoms with Crippen molar-refractivity contribution in [3.05, 3.63) is 34.1 Å². The molecule has 0 fully saturated rings. The molecule has 0 bridgehead atoms. The molecule has 0 radical (unpaired) electrons. The second kappa shape index (κ2) is 6.70. The van der Waals surface area contributed by atoms with Crippen molar-refractivity contribution in [2.45, 2.75) is 13.5 Å². The minimum atomic E-state index is -0.266. The summed E-state index contributed by atoms with van der Waals surface area (Å²) in [5.41, 5.74) is 6.38. The highest BCUT2D eigenvalue weighted by molar-refractivity contribution is 9.10. The summed E-state index contributed by atoms with van der Waals surface area (Å²) < 4.78 is 13.9. The van der Waals surface area contributed by atoms with E-state index in [0.29, 0.717) is 13.1 Å². The highest BCUT2D eigenvalue weighted by atomic mass is 79.9. The van der Waals surface area contributed by atoms with Crippen LogP contribution < -0.4 is 5.73 Å². The number of nitrogens with zero attached hydrogens (tertiary/aromatic N) is 2. The van der Waals surface area contributed by atoms with Crippen molar-refractivity contribution in [2.24, 2.45) is 16.8 Å². The van der Waals surface area contributed by atoms with Crippen LogP contribution in [0.4, 0.5) is 4.39 Å². The number of oxime groups is 1. The van der Waals surface area contributed by atoms with Crippen LogP contribution >= 0.6 is 15.9 Å². The molecule has 0 saturated heterocycles. The average molecular weight is 318 g/mol. The standard InChI is InChI=1S/C12H17BrFN3O/c1-8(12(15)16-18)6-17(2)7-9-3-10(13)5-11(14)4-9/h3-5,8,18H,6-7H2,1-2H3,(H2,15,16). The first kappa shape index (κ1) is 14.9. The number of amidine groups is 1. The lowest BCUT2D eigenvalue weighted by Gasteiger charge is -2.20. The first-order valence-corrected chi connectivity index (χ1v) is 6.32. The molecule has 1 unspecified atom stereocenters. The fourth-order valence-corrected chi connectivity index (χ4v) is 2.25. The van der Waals surface area contributed by atoms with E-state index in [1.165, 1.54) is 12.1 Å². The Morgan fingerprint density at radius 1 is 1.56 bits per heavy atom. The van der Waals surface area contributed by atoms with Gasteiger partial charge in [-0.1, -0.05) is 28.0 Å². The van der Waals surface area contributed by atoms with Crippen LogP contribution in [0.5, 0.6) is 0 Å². The first-order valence-electron chi connectivity index (χ1n) is 5.53. The van der Waals surface area contributed by atoms with Gasteiger partial charge in [-0.2, -0.15) is 0 Å². The molecule has 0 spiro atoms. The van der Waals surface area contributed by atoms with E-state index < -0.39 is 0 Å². The summed E-state index contributed by atoms with van der Waals surface area (Å²) >= 11 is 3.26. The highest BCUT2D eigenvalue weighted by Gasteiger charge is 2.11. The van der Waals surface area contributed by atoms with E-state index in [-0.39, 0.29) is 17.6 Å². The van der Waals surface area contributed by atoms with Crippen LogP contribution in [0.3, 0.4) is 0 Å². The van der Waals surface area contributed by atoms with E-state index in [9.17, 15) is 4.39 Å². The second-order valence-electron chi connectivity index (χ2n) is 4.40. The zero-order chi connectivity index (χ0) is 13.7. The summed E-state index contributed by atoms with van der Waals surface area (Å²) in [6.45, 7) is 3.09. The molecule has 1 aromatic rings. The van der Waals surface area contributed by atoms with E-state index in [1.54, 1.807) is 0 Å². The molecular weight excluding hydrogens is 301 g/mol. The van der Waals surface area contributed by atoms with Crippen molar-refractivity contribution in [2.75, 3.05) is 13.6 Å². The monoisotopic (exact) mass is 317 g/mol. The summed E-state index contributed by atoms with van der Waals surface area (Å²) in [6, 6.07) is 4.78. The van der Waals surface area contributed by atoms with Gasteiger partial charge in [0.05, 0.1) is 0 Å². The number of halogens is 2. The highest BCUT2D eigenvalue weighted by Crippen LogP contribution is 2.16. The number of hydrogen-bond donors (Lipinski definition) is 2. The summed E-state index contributed by atoms with van der Waals surface area (Å²) in [5.74, 6) is -0.128. The average Bonchev–Trinajstić information content (AvgIpc) is 2.25. The summed E-state index contributed by atoms with van der Waals surface area (Å²) in [7, 11) is 1.90. The van der Waals surface area contributed by atoms with Gasteiger partial charge in [0.15, 0.2) is 0 Å². The maximum atomic E-state index is 13.2. The third-order valence-corrected chi connectivity index (χ3v) is 3.04. The van der Waals surface area contributed by atoms with Gasteiger partial charge in [0, 0.05) is 23.5 Å². The zero-order valence-corrected chi connectivity index (χ0v) is 12.0. The predicted molar refractivity (Wildman–Crippen MR) is 73.0 cm³/mol. The Hall–Kier alpha value is -1.14. The molecule has 0 amide bonds. The van der Waals surface area contributed by atoms with Crippen LogP contribution in [0, 0.1) is 11.7 Å². The molecule has 18 heavy (non-hydrogen) atoms. The van der Waals surface area contributed by atoms with Gasteiger partial charge in [-0.05, 0) is 30.8 Å². The molecule has 0 saturated carbocycles. The largest absolute Gasteiger partial charge is 0.409 e.